The quantitative estimate of drug-likeness (QED) is 0.597. The molecule has 3 aromatic rings. The molecule has 174 valence electrons. The number of rotatable bonds is 7. The Morgan fingerprint density at radius 2 is 1.73 bits per heavy atom. The van der Waals surface area contributed by atoms with Gasteiger partial charge in [0.25, 0.3) is 0 Å². The fraction of sp³-hybridized carbons (Fsp3) is 0.360. The fourth-order valence-corrected chi connectivity index (χ4v) is 4.03. The van der Waals surface area contributed by atoms with E-state index >= 15 is 0 Å². The van der Waals surface area contributed by atoms with Crippen LogP contribution in [0.1, 0.15) is 16.8 Å². The fourth-order valence-electron chi connectivity index (χ4n) is 4.03. The predicted octanol–water partition coefficient (Wildman–Crippen LogP) is 3.39. The highest BCUT2D eigenvalue weighted by atomic mass is 19.1. The van der Waals surface area contributed by atoms with E-state index in [-0.39, 0.29) is 17.5 Å². The standard InChI is InChI=1S/C25H30FN5O2/c1-18-4-7-21(8-5-18)31-24(14-19(2)28-31)27-25(32)17-30-12-10-29(11-13-30)16-20-6-9-23(33-3)22(26)15-20/h4-9,14-15H,10-13,16-17H2,1-3H3,(H,27,32). The molecular formula is C25H30FN5O2. The Labute approximate surface area is 193 Å². The van der Waals surface area contributed by atoms with E-state index in [1.165, 1.54) is 18.7 Å². The molecule has 2 aromatic carbocycles. The number of anilines is 1. The molecule has 1 aliphatic heterocycles. The van der Waals surface area contributed by atoms with Gasteiger partial charge in [-0.3, -0.25) is 14.6 Å². The highest BCUT2D eigenvalue weighted by Crippen LogP contribution is 2.20. The Morgan fingerprint density at radius 3 is 2.39 bits per heavy atom. The maximum Gasteiger partial charge on any atom is 0.239 e. The van der Waals surface area contributed by atoms with Gasteiger partial charge < -0.3 is 10.1 Å². The Hall–Kier alpha value is -3.23. The molecule has 0 unspecified atom stereocenters. The third-order valence-electron chi connectivity index (χ3n) is 5.83. The molecule has 0 atom stereocenters. The van der Waals surface area contributed by atoms with E-state index in [1.54, 1.807) is 10.7 Å². The van der Waals surface area contributed by atoms with Crippen molar-refractivity contribution in [2.75, 3.05) is 45.2 Å². The molecule has 1 aliphatic rings. The minimum Gasteiger partial charge on any atom is -0.494 e. The first kappa shape index (κ1) is 22.9. The summed E-state index contributed by atoms with van der Waals surface area (Å²) < 4.78 is 20.7. The van der Waals surface area contributed by atoms with Crippen LogP contribution in [0.5, 0.6) is 5.75 Å². The van der Waals surface area contributed by atoms with Crippen LogP contribution in [0.15, 0.2) is 48.5 Å². The molecule has 8 heteroatoms. The molecule has 1 N–H and O–H groups in total. The molecule has 0 saturated carbocycles. The van der Waals surface area contributed by atoms with Crippen molar-refractivity contribution in [1.29, 1.82) is 0 Å². The van der Waals surface area contributed by atoms with E-state index in [0.29, 0.717) is 18.9 Å². The zero-order chi connectivity index (χ0) is 23.4. The van der Waals surface area contributed by atoms with E-state index < -0.39 is 0 Å². The van der Waals surface area contributed by atoms with Crippen molar-refractivity contribution in [2.24, 2.45) is 0 Å². The molecule has 1 aromatic heterocycles. The van der Waals surface area contributed by atoms with Crippen LogP contribution in [0, 0.1) is 19.7 Å². The molecule has 4 rings (SSSR count). The molecule has 1 saturated heterocycles. The minimum absolute atomic E-state index is 0.0612. The number of carbonyl (C=O) groups excluding carboxylic acids is 1. The molecule has 7 nitrogen and oxygen atoms in total. The number of aryl methyl sites for hydroxylation is 2. The third-order valence-corrected chi connectivity index (χ3v) is 5.83. The number of piperazine rings is 1. The van der Waals surface area contributed by atoms with Gasteiger partial charge in [0, 0.05) is 38.8 Å². The van der Waals surface area contributed by atoms with Gasteiger partial charge in [-0.05, 0) is 43.7 Å². The van der Waals surface area contributed by atoms with E-state index in [9.17, 15) is 9.18 Å². The average Bonchev–Trinajstić information content (AvgIpc) is 3.15. The summed E-state index contributed by atoms with van der Waals surface area (Å²) in [5, 5.41) is 7.54. The van der Waals surface area contributed by atoms with Crippen LogP contribution in [-0.2, 0) is 11.3 Å². The van der Waals surface area contributed by atoms with Gasteiger partial charge in [-0.15, -0.1) is 0 Å². The normalized spacial score (nSPS) is 14.9. The number of carbonyl (C=O) groups is 1. The zero-order valence-corrected chi connectivity index (χ0v) is 19.3. The maximum absolute atomic E-state index is 13.9. The lowest BCUT2D eigenvalue weighted by molar-refractivity contribution is -0.117. The SMILES string of the molecule is COc1ccc(CN2CCN(CC(=O)Nc3cc(C)nn3-c3ccc(C)cc3)CC2)cc1F. The number of methoxy groups -OCH3 is 1. The van der Waals surface area contributed by atoms with E-state index in [1.807, 2.05) is 50.2 Å². The van der Waals surface area contributed by atoms with Crippen molar-refractivity contribution in [3.05, 3.63) is 71.2 Å². The Bertz CT molecular complexity index is 1100. The molecule has 0 radical (unpaired) electrons. The van der Waals surface area contributed by atoms with Gasteiger partial charge >= 0.3 is 0 Å². The number of benzene rings is 2. The number of halogens is 1. The number of hydrogen-bond donors (Lipinski definition) is 1. The van der Waals surface area contributed by atoms with Crippen LogP contribution in [0.25, 0.3) is 5.69 Å². The Balaban J connectivity index is 1.29. The van der Waals surface area contributed by atoms with Crippen molar-refractivity contribution < 1.29 is 13.9 Å². The lowest BCUT2D eigenvalue weighted by Crippen LogP contribution is -2.48. The zero-order valence-electron chi connectivity index (χ0n) is 19.3. The Kier molecular flexibility index (Phi) is 7.05. The topological polar surface area (TPSA) is 62.6 Å². The number of ether oxygens (including phenoxy) is 1. The Morgan fingerprint density at radius 1 is 1.03 bits per heavy atom. The lowest BCUT2D eigenvalue weighted by atomic mass is 10.2. The molecular weight excluding hydrogens is 421 g/mol. The summed E-state index contributed by atoms with van der Waals surface area (Å²) >= 11 is 0. The van der Waals surface area contributed by atoms with Crippen molar-refractivity contribution in [3.8, 4) is 11.4 Å². The molecule has 1 fully saturated rings. The molecule has 33 heavy (non-hydrogen) atoms. The van der Waals surface area contributed by atoms with Gasteiger partial charge in [-0.1, -0.05) is 23.8 Å². The van der Waals surface area contributed by atoms with Crippen molar-refractivity contribution in [2.45, 2.75) is 20.4 Å². The van der Waals surface area contributed by atoms with Crippen LogP contribution < -0.4 is 10.1 Å². The first-order valence-corrected chi connectivity index (χ1v) is 11.1. The summed E-state index contributed by atoms with van der Waals surface area (Å²) in [6, 6.07) is 15.0. The number of nitrogens with zero attached hydrogens (tertiary/aromatic N) is 4. The van der Waals surface area contributed by atoms with Crippen molar-refractivity contribution in [3.63, 3.8) is 0 Å². The van der Waals surface area contributed by atoms with Gasteiger partial charge in [0.2, 0.25) is 5.91 Å². The lowest BCUT2D eigenvalue weighted by Gasteiger charge is -2.34. The van der Waals surface area contributed by atoms with Gasteiger partial charge in [0.1, 0.15) is 5.82 Å². The summed E-state index contributed by atoms with van der Waals surface area (Å²) in [5.74, 6) is 0.523. The number of hydrogen-bond acceptors (Lipinski definition) is 5. The predicted molar refractivity (Wildman–Crippen MR) is 126 cm³/mol. The molecule has 1 amide bonds. The highest BCUT2D eigenvalue weighted by molar-refractivity contribution is 5.91. The van der Waals surface area contributed by atoms with Gasteiger partial charge in [0.05, 0.1) is 25.0 Å². The number of amides is 1. The largest absolute Gasteiger partial charge is 0.494 e. The van der Waals surface area contributed by atoms with E-state index in [0.717, 1.165) is 43.1 Å². The first-order chi connectivity index (χ1) is 15.9. The molecule has 0 aliphatic carbocycles. The monoisotopic (exact) mass is 451 g/mol. The second-order valence-electron chi connectivity index (χ2n) is 8.49. The minimum atomic E-state index is -0.342. The highest BCUT2D eigenvalue weighted by Gasteiger charge is 2.20. The molecule has 2 heterocycles. The van der Waals surface area contributed by atoms with Gasteiger partial charge in [-0.2, -0.15) is 5.10 Å². The summed E-state index contributed by atoms with van der Waals surface area (Å²) in [6.07, 6.45) is 0. The second-order valence-corrected chi connectivity index (χ2v) is 8.49. The average molecular weight is 452 g/mol. The van der Waals surface area contributed by atoms with Gasteiger partial charge in [0.15, 0.2) is 11.6 Å². The smallest absolute Gasteiger partial charge is 0.239 e. The van der Waals surface area contributed by atoms with Crippen LogP contribution in [0.4, 0.5) is 10.2 Å². The third kappa shape index (κ3) is 5.77. The van der Waals surface area contributed by atoms with Crippen molar-refractivity contribution in [1.82, 2.24) is 19.6 Å². The van der Waals surface area contributed by atoms with Gasteiger partial charge in [-0.25, -0.2) is 9.07 Å². The summed E-state index contributed by atoms with van der Waals surface area (Å²) in [6.45, 7) is 8.15. The molecule has 0 bridgehead atoms. The summed E-state index contributed by atoms with van der Waals surface area (Å²) in [7, 11) is 1.46. The molecule has 0 spiro atoms. The summed E-state index contributed by atoms with van der Waals surface area (Å²) in [5.41, 5.74) is 3.84. The van der Waals surface area contributed by atoms with Crippen LogP contribution in [0.2, 0.25) is 0 Å². The maximum atomic E-state index is 13.9. The van der Waals surface area contributed by atoms with Crippen LogP contribution in [-0.4, -0.2) is 65.3 Å². The summed E-state index contributed by atoms with van der Waals surface area (Å²) in [4.78, 5) is 17.1. The van der Waals surface area contributed by atoms with Crippen molar-refractivity contribution >= 4 is 11.7 Å². The van der Waals surface area contributed by atoms with Crippen LogP contribution >= 0.6 is 0 Å². The second kappa shape index (κ2) is 10.1. The van der Waals surface area contributed by atoms with Crippen LogP contribution in [0.3, 0.4) is 0 Å². The number of nitrogens with one attached hydrogen (secondary N) is 1. The number of aromatic nitrogens is 2. The first-order valence-electron chi connectivity index (χ1n) is 11.1. The van der Waals surface area contributed by atoms with E-state index in [4.69, 9.17) is 4.74 Å². The van der Waals surface area contributed by atoms with E-state index in [2.05, 4.69) is 20.2 Å².